The lowest BCUT2D eigenvalue weighted by molar-refractivity contribution is -0.104. The molecule has 2 aliphatic rings. The summed E-state index contributed by atoms with van der Waals surface area (Å²) in [5.41, 5.74) is 0. The first-order chi connectivity index (χ1) is 5.63. The molecule has 5 unspecified atom stereocenters. The molecule has 0 aromatic heterocycles. The maximum absolute atomic E-state index is 9.39. The molecule has 2 saturated heterocycles. The van der Waals surface area contributed by atoms with Crippen molar-refractivity contribution >= 4 is 0 Å². The second kappa shape index (κ2) is 2.65. The number of fused-ring (bicyclic) bond motifs is 1. The third-order valence-electron chi connectivity index (χ3n) is 2.80. The molecule has 0 radical (unpaired) electrons. The van der Waals surface area contributed by atoms with E-state index in [0.29, 0.717) is 12.8 Å². The largest absolute Gasteiger partial charge is 0.389 e. The van der Waals surface area contributed by atoms with E-state index in [-0.39, 0.29) is 6.04 Å². The monoisotopic (exact) mass is 175 g/mol. The Morgan fingerprint density at radius 1 is 0.917 bits per heavy atom. The number of hydrogen-bond donors (Lipinski definition) is 4. The first-order valence-corrected chi connectivity index (χ1v) is 4.12. The minimum absolute atomic E-state index is 0.287. The van der Waals surface area contributed by atoms with E-state index in [0.717, 1.165) is 0 Å². The lowest BCUT2D eigenvalue weighted by atomic mass is 10.1. The van der Waals surface area contributed by atoms with Crippen LogP contribution in [0.4, 0.5) is 0 Å². The molecule has 5 atom stereocenters. The van der Waals surface area contributed by atoms with Crippen LogP contribution < -0.4 is 0 Å². The Morgan fingerprint density at radius 2 is 1.58 bits per heavy atom. The van der Waals surface area contributed by atoms with Gasteiger partial charge in [0.05, 0.1) is 6.10 Å². The SMILES string of the molecule is OC1C(O)C2CCC(O)N2C1O. The van der Waals surface area contributed by atoms with E-state index in [4.69, 9.17) is 0 Å². The Hall–Kier alpha value is -0.200. The summed E-state index contributed by atoms with van der Waals surface area (Å²) in [7, 11) is 0. The van der Waals surface area contributed by atoms with E-state index in [2.05, 4.69) is 0 Å². The first-order valence-electron chi connectivity index (χ1n) is 4.12. The van der Waals surface area contributed by atoms with Crippen molar-refractivity contribution in [2.45, 2.75) is 43.5 Å². The number of nitrogens with zero attached hydrogens (tertiary/aromatic N) is 1. The Bertz CT molecular complexity index is 188. The number of rotatable bonds is 0. The van der Waals surface area contributed by atoms with Gasteiger partial charge in [0.1, 0.15) is 18.6 Å². The van der Waals surface area contributed by atoms with Crippen molar-refractivity contribution in [1.29, 1.82) is 0 Å². The van der Waals surface area contributed by atoms with Crippen LogP contribution in [0.25, 0.3) is 0 Å². The molecule has 0 amide bonds. The molecule has 2 heterocycles. The van der Waals surface area contributed by atoms with Crippen LogP contribution in [0.15, 0.2) is 0 Å². The van der Waals surface area contributed by atoms with E-state index in [1.807, 2.05) is 0 Å². The highest BCUT2D eigenvalue weighted by atomic mass is 16.4. The zero-order valence-corrected chi connectivity index (χ0v) is 6.54. The second-order valence-electron chi connectivity index (χ2n) is 3.47. The Labute approximate surface area is 69.9 Å². The van der Waals surface area contributed by atoms with E-state index in [1.165, 1.54) is 4.90 Å². The molecule has 70 valence electrons. The molecule has 5 heteroatoms. The van der Waals surface area contributed by atoms with Crippen molar-refractivity contribution in [1.82, 2.24) is 4.90 Å². The fourth-order valence-electron chi connectivity index (χ4n) is 2.14. The van der Waals surface area contributed by atoms with Crippen molar-refractivity contribution in [3.63, 3.8) is 0 Å². The molecular formula is C7H13NO4. The number of aliphatic hydroxyl groups is 4. The molecule has 4 N–H and O–H groups in total. The van der Waals surface area contributed by atoms with Crippen LogP contribution in [0.1, 0.15) is 12.8 Å². The maximum atomic E-state index is 9.39. The van der Waals surface area contributed by atoms with Crippen LogP contribution in [0.3, 0.4) is 0 Å². The van der Waals surface area contributed by atoms with Gasteiger partial charge in [-0.15, -0.1) is 0 Å². The summed E-state index contributed by atoms with van der Waals surface area (Å²) in [6, 6.07) is -0.287. The minimum atomic E-state index is -1.15. The van der Waals surface area contributed by atoms with Crippen molar-refractivity contribution < 1.29 is 20.4 Å². The zero-order chi connectivity index (χ0) is 8.88. The lowest BCUT2D eigenvalue weighted by Gasteiger charge is -2.23. The minimum Gasteiger partial charge on any atom is -0.389 e. The van der Waals surface area contributed by atoms with Gasteiger partial charge in [0.15, 0.2) is 0 Å². The summed E-state index contributed by atoms with van der Waals surface area (Å²) in [5.74, 6) is 0. The molecule has 0 spiro atoms. The molecule has 0 aromatic rings. The molecule has 0 aliphatic carbocycles. The molecule has 0 aromatic carbocycles. The van der Waals surface area contributed by atoms with E-state index in [1.54, 1.807) is 0 Å². The maximum Gasteiger partial charge on any atom is 0.138 e. The molecule has 2 rings (SSSR count). The lowest BCUT2D eigenvalue weighted by Crippen LogP contribution is -2.41. The zero-order valence-electron chi connectivity index (χ0n) is 6.54. The highest BCUT2D eigenvalue weighted by molar-refractivity contribution is 5.00. The third kappa shape index (κ3) is 0.915. The number of hydrogen-bond acceptors (Lipinski definition) is 5. The van der Waals surface area contributed by atoms with Crippen molar-refractivity contribution in [2.24, 2.45) is 0 Å². The Morgan fingerprint density at radius 3 is 2.17 bits per heavy atom. The molecule has 0 bridgehead atoms. The van der Waals surface area contributed by atoms with Crippen LogP contribution in [-0.2, 0) is 0 Å². The van der Waals surface area contributed by atoms with Crippen LogP contribution in [0.5, 0.6) is 0 Å². The summed E-state index contributed by atoms with van der Waals surface area (Å²) in [4.78, 5) is 1.37. The van der Waals surface area contributed by atoms with Gasteiger partial charge in [0.25, 0.3) is 0 Å². The van der Waals surface area contributed by atoms with Crippen LogP contribution >= 0.6 is 0 Å². The molecule has 12 heavy (non-hydrogen) atoms. The van der Waals surface area contributed by atoms with E-state index < -0.39 is 24.7 Å². The van der Waals surface area contributed by atoms with Gasteiger partial charge in [-0.1, -0.05) is 0 Å². The average molecular weight is 175 g/mol. The van der Waals surface area contributed by atoms with Gasteiger partial charge < -0.3 is 20.4 Å². The second-order valence-corrected chi connectivity index (χ2v) is 3.47. The fourth-order valence-corrected chi connectivity index (χ4v) is 2.14. The summed E-state index contributed by atoms with van der Waals surface area (Å²) in [6.45, 7) is 0. The van der Waals surface area contributed by atoms with E-state index >= 15 is 0 Å². The van der Waals surface area contributed by atoms with Gasteiger partial charge in [0.2, 0.25) is 0 Å². The molecule has 2 fully saturated rings. The normalized spacial score (nSPS) is 54.5. The molecule has 5 nitrogen and oxygen atoms in total. The third-order valence-corrected chi connectivity index (χ3v) is 2.80. The van der Waals surface area contributed by atoms with E-state index in [9.17, 15) is 20.4 Å². The predicted molar refractivity (Wildman–Crippen MR) is 38.9 cm³/mol. The van der Waals surface area contributed by atoms with Crippen molar-refractivity contribution in [2.75, 3.05) is 0 Å². The highest BCUT2D eigenvalue weighted by Gasteiger charge is 2.52. The summed E-state index contributed by atoms with van der Waals surface area (Å²) in [5, 5.41) is 37.3. The molecular weight excluding hydrogens is 162 g/mol. The van der Waals surface area contributed by atoms with Crippen LogP contribution in [0, 0.1) is 0 Å². The quantitative estimate of drug-likeness (QED) is 0.336. The van der Waals surface area contributed by atoms with Gasteiger partial charge in [-0.25, -0.2) is 4.90 Å². The van der Waals surface area contributed by atoms with Gasteiger partial charge in [-0.2, -0.15) is 0 Å². The summed E-state index contributed by atoms with van der Waals surface area (Å²) in [6.07, 6.45) is -2.76. The Kier molecular flexibility index (Phi) is 1.85. The van der Waals surface area contributed by atoms with Crippen molar-refractivity contribution in [3.8, 4) is 0 Å². The number of aliphatic hydroxyl groups excluding tert-OH is 4. The van der Waals surface area contributed by atoms with Gasteiger partial charge in [-0.3, -0.25) is 0 Å². The van der Waals surface area contributed by atoms with Gasteiger partial charge >= 0.3 is 0 Å². The smallest absolute Gasteiger partial charge is 0.138 e. The van der Waals surface area contributed by atoms with Crippen LogP contribution in [0.2, 0.25) is 0 Å². The van der Waals surface area contributed by atoms with Gasteiger partial charge in [0, 0.05) is 6.04 Å². The fraction of sp³-hybridized carbons (Fsp3) is 1.00. The predicted octanol–water partition coefficient (Wildman–Crippen LogP) is -2.18. The molecule has 2 aliphatic heterocycles. The average Bonchev–Trinajstić information content (AvgIpc) is 2.51. The Balaban J connectivity index is 2.20. The summed E-state index contributed by atoms with van der Waals surface area (Å²) < 4.78 is 0. The summed E-state index contributed by atoms with van der Waals surface area (Å²) >= 11 is 0. The van der Waals surface area contributed by atoms with Crippen molar-refractivity contribution in [3.05, 3.63) is 0 Å². The van der Waals surface area contributed by atoms with Gasteiger partial charge in [-0.05, 0) is 12.8 Å². The highest BCUT2D eigenvalue weighted by Crippen LogP contribution is 2.34. The molecule has 0 saturated carbocycles. The standard InChI is InChI=1S/C7H13NO4/c9-4-2-1-3-5(10)6(11)7(12)8(3)4/h3-7,9-12H,1-2H2. The first kappa shape index (κ1) is 8.40. The van der Waals surface area contributed by atoms with Crippen LogP contribution in [-0.4, -0.2) is 56.0 Å². The topological polar surface area (TPSA) is 84.2 Å².